The normalized spacial score (nSPS) is 25.6. The zero-order valence-electron chi connectivity index (χ0n) is 9.31. The van der Waals surface area contributed by atoms with Gasteiger partial charge in [-0.25, -0.2) is 0 Å². The molecule has 0 spiro atoms. The van der Waals surface area contributed by atoms with Crippen molar-refractivity contribution in [3.8, 4) is 12.3 Å². The first-order valence-electron chi connectivity index (χ1n) is 5.57. The van der Waals surface area contributed by atoms with Gasteiger partial charge in [0.05, 0.1) is 12.1 Å². The molecule has 2 nitrogen and oxygen atoms in total. The quantitative estimate of drug-likeness (QED) is 0.692. The Morgan fingerprint density at radius 3 is 2.79 bits per heavy atom. The molecular formula is C12H21NO. The monoisotopic (exact) mass is 195 g/mol. The first-order valence-corrected chi connectivity index (χ1v) is 5.57. The zero-order chi connectivity index (χ0) is 10.4. The van der Waals surface area contributed by atoms with Crippen LogP contribution in [0.5, 0.6) is 0 Å². The summed E-state index contributed by atoms with van der Waals surface area (Å²) in [5, 5.41) is 3.38. The summed E-state index contributed by atoms with van der Waals surface area (Å²) in [4.78, 5) is 0. The van der Waals surface area contributed by atoms with Crippen molar-refractivity contribution in [2.75, 3.05) is 13.2 Å². The van der Waals surface area contributed by atoms with Gasteiger partial charge in [-0.1, -0.05) is 19.8 Å². The average Bonchev–Trinajstić information content (AvgIpc) is 2.26. The largest absolute Gasteiger partial charge is 0.375 e. The molecule has 1 aliphatic heterocycles. The Morgan fingerprint density at radius 2 is 2.21 bits per heavy atom. The number of rotatable bonds is 4. The molecule has 1 N–H and O–H groups in total. The predicted octanol–water partition coefficient (Wildman–Crippen LogP) is 1.95. The summed E-state index contributed by atoms with van der Waals surface area (Å²) in [6.07, 6.45) is 9.61. The van der Waals surface area contributed by atoms with E-state index in [-0.39, 0.29) is 5.60 Å². The summed E-state index contributed by atoms with van der Waals surface area (Å²) in [5.41, 5.74) is 0.102. The van der Waals surface area contributed by atoms with E-state index in [2.05, 4.69) is 25.1 Å². The third kappa shape index (κ3) is 2.73. The van der Waals surface area contributed by atoms with E-state index in [1.165, 1.54) is 0 Å². The molecule has 1 saturated heterocycles. The van der Waals surface area contributed by atoms with E-state index in [1.54, 1.807) is 0 Å². The Hall–Kier alpha value is -0.520. The van der Waals surface area contributed by atoms with Crippen LogP contribution in [0.15, 0.2) is 0 Å². The second kappa shape index (κ2) is 5.38. The fraction of sp³-hybridized carbons (Fsp3) is 0.833. The number of hydrogen-bond donors (Lipinski definition) is 1. The maximum Gasteiger partial charge on any atom is 0.0692 e. The van der Waals surface area contributed by atoms with Gasteiger partial charge in [0, 0.05) is 12.6 Å². The lowest BCUT2D eigenvalue weighted by molar-refractivity contribution is -0.0926. The van der Waals surface area contributed by atoms with Crippen LogP contribution >= 0.6 is 0 Å². The average molecular weight is 195 g/mol. The summed E-state index contributed by atoms with van der Waals surface area (Å²) in [6, 6.07) is 0.541. The third-order valence-electron chi connectivity index (χ3n) is 3.27. The van der Waals surface area contributed by atoms with E-state index in [9.17, 15) is 0 Å². The van der Waals surface area contributed by atoms with E-state index >= 15 is 0 Å². The Bertz CT molecular complexity index is 203. The second-order valence-corrected chi connectivity index (χ2v) is 4.01. The summed E-state index contributed by atoms with van der Waals surface area (Å²) in [7, 11) is 0. The van der Waals surface area contributed by atoms with Crippen LogP contribution in [0.2, 0.25) is 0 Å². The lowest BCUT2D eigenvalue weighted by atomic mass is 9.86. The minimum Gasteiger partial charge on any atom is -0.375 e. The van der Waals surface area contributed by atoms with E-state index in [1.807, 2.05) is 0 Å². The van der Waals surface area contributed by atoms with Crippen molar-refractivity contribution in [1.29, 1.82) is 0 Å². The van der Waals surface area contributed by atoms with Gasteiger partial charge in [-0.05, 0) is 25.7 Å². The molecule has 0 aliphatic carbocycles. The van der Waals surface area contributed by atoms with Crippen LogP contribution in [0.1, 0.15) is 39.5 Å². The van der Waals surface area contributed by atoms with Crippen molar-refractivity contribution in [3.63, 3.8) is 0 Å². The molecule has 1 atom stereocenters. The zero-order valence-corrected chi connectivity index (χ0v) is 9.31. The van der Waals surface area contributed by atoms with Crippen LogP contribution < -0.4 is 5.32 Å². The van der Waals surface area contributed by atoms with Crippen molar-refractivity contribution >= 4 is 0 Å². The van der Waals surface area contributed by atoms with Gasteiger partial charge in [-0.2, -0.15) is 0 Å². The first-order chi connectivity index (χ1) is 6.76. The van der Waals surface area contributed by atoms with Crippen LogP contribution in [0.25, 0.3) is 0 Å². The highest BCUT2D eigenvalue weighted by Crippen LogP contribution is 2.31. The van der Waals surface area contributed by atoms with Crippen LogP contribution in [0.3, 0.4) is 0 Å². The highest BCUT2D eigenvalue weighted by molar-refractivity contribution is 4.92. The Morgan fingerprint density at radius 1 is 1.50 bits per heavy atom. The van der Waals surface area contributed by atoms with Crippen molar-refractivity contribution in [2.45, 2.75) is 51.2 Å². The molecule has 80 valence electrons. The SMILES string of the molecule is C#CCNC1CCOC(CC)(CC)C1. The van der Waals surface area contributed by atoms with Gasteiger partial charge in [0.15, 0.2) is 0 Å². The number of hydrogen-bond acceptors (Lipinski definition) is 2. The van der Waals surface area contributed by atoms with Crippen LogP contribution in [0.4, 0.5) is 0 Å². The van der Waals surface area contributed by atoms with Gasteiger partial charge in [0.25, 0.3) is 0 Å². The summed E-state index contributed by atoms with van der Waals surface area (Å²) in [5.74, 6) is 2.63. The molecule has 1 fully saturated rings. The van der Waals surface area contributed by atoms with Crippen molar-refractivity contribution < 1.29 is 4.74 Å². The highest BCUT2D eigenvalue weighted by atomic mass is 16.5. The Balaban J connectivity index is 2.46. The van der Waals surface area contributed by atoms with Gasteiger partial charge in [0.1, 0.15) is 0 Å². The van der Waals surface area contributed by atoms with E-state index in [4.69, 9.17) is 11.2 Å². The minimum absolute atomic E-state index is 0.102. The highest BCUT2D eigenvalue weighted by Gasteiger charge is 2.33. The summed E-state index contributed by atoms with van der Waals surface area (Å²) >= 11 is 0. The first kappa shape index (κ1) is 11.6. The molecule has 0 saturated carbocycles. The van der Waals surface area contributed by atoms with Crippen LogP contribution in [0, 0.1) is 12.3 Å². The number of ether oxygens (including phenoxy) is 1. The Kier molecular flexibility index (Phi) is 4.44. The van der Waals surface area contributed by atoms with Gasteiger partial charge < -0.3 is 10.1 Å². The van der Waals surface area contributed by atoms with Crippen LogP contribution in [-0.2, 0) is 4.74 Å². The Labute approximate surface area is 87.4 Å². The molecule has 2 heteroatoms. The standard InChI is InChI=1S/C12H21NO/c1-4-8-13-11-7-9-14-12(5-2,6-3)10-11/h1,11,13H,5-10H2,2-3H3. The fourth-order valence-electron chi connectivity index (χ4n) is 2.15. The fourth-order valence-corrected chi connectivity index (χ4v) is 2.15. The van der Waals surface area contributed by atoms with Gasteiger partial charge in [0.2, 0.25) is 0 Å². The molecule has 1 unspecified atom stereocenters. The number of terminal acetylenes is 1. The van der Waals surface area contributed by atoms with E-state index in [0.717, 1.165) is 32.3 Å². The van der Waals surface area contributed by atoms with Crippen LogP contribution in [-0.4, -0.2) is 24.8 Å². The van der Waals surface area contributed by atoms with Crippen molar-refractivity contribution in [3.05, 3.63) is 0 Å². The summed E-state index contributed by atoms with van der Waals surface area (Å²) in [6.45, 7) is 5.94. The maximum absolute atomic E-state index is 5.88. The molecule has 0 amide bonds. The minimum atomic E-state index is 0.102. The van der Waals surface area contributed by atoms with Gasteiger partial charge >= 0.3 is 0 Å². The molecule has 0 aromatic heterocycles. The molecule has 0 aromatic rings. The molecule has 1 heterocycles. The number of nitrogens with one attached hydrogen (secondary N) is 1. The van der Waals surface area contributed by atoms with Gasteiger partial charge in [-0.15, -0.1) is 6.42 Å². The predicted molar refractivity (Wildman–Crippen MR) is 59.1 cm³/mol. The summed E-state index contributed by atoms with van der Waals surface area (Å²) < 4.78 is 5.88. The molecular weight excluding hydrogens is 174 g/mol. The second-order valence-electron chi connectivity index (χ2n) is 4.01. The lowest BCUT2D eigenvalue weighted by Gasteiger charge is -2.40. The lowest BCUT2D eigenvalue weighted by Crippen LogP contribution is -2.46. The van der Waals surface area contributed by atoms with E-state index < -0.39 is 0 Å². The van der Waals surface area contributed by atoms with Crippen molar-refractivity contribution in [1.82, 2.24) is 5.32 Å². The van der Waals surface area contributed by atoms with Crippen molar-refractivity contribution in [2.24, 2.45) is 0 Å². The molecule has 0 radical (unpaired) electrons. The van der Waals surface area contributed by atoms with Gasteiger partial charge in [-0.3, -0.25) is 0 Å². The topological polar surface area (TPSA) is 21.3 Å². The molecule has 0 aromatic carbocycles. The molecule has 14 heavy (non-hydrogen) atoms. The third-order valence-corrected chi connectivity index (χ3v) is 3.27. The molecule has 0 bridgehead atoms. The molecule has 1 aliphatic rings. The smallest absolute Gasteiger partial charge is 0.0692 e. The molecule has 1 rings (SSSR count). The van der Waals surface area contributed by atoms with E-state index in [0.29, 0.717) is 12.6 Å². The maximum atomic E-state index is 5.88.